The van der Waals surface area contributed by atoms with Crippen molar-refractivity contribution in [2.24, 2.45) is 0 Å². The van der Waals surface area contributed by atoms with Gasteiger partial charge in [-0.3, -0.25) is 19.6 Å². The molecule has 0 spiro atoms. The number of aromatic amines is 1. The van der Waals surface area contributed by atoms with Gasteiger partial charge in [0.25, 0.3) is 0 Å². The summed E-state index contributed by atoms with van der Waals surface area (Å²) in [5.41, 5.74) is 1.84. The summed E-state index contributed by atoms with van der Waals surface area (Å²) in [6.07, 6.45) is 2.87. The molecule has 2 N–H and O–H groups in total. The van der Waals surface area contributed by atoms with Crippen LogP contribution in [0.1, 0.15) is 38.2 Å². The van der Waals surface area contributed by atoms with Crippen molar-refractivity contribution in [1.82, 2.24) is 20.2 Å². The first-order valence-electron chi connectivity index (χ1n) is 10.8. The number of H-pyrrole nitrogens is 1. The van der Waals surface area contributed by atoms with E-state index in [1.807, 2.05) is 32.0 Å². The van der Waals surface area contributed by atoms with Gasteiger partial charge in [-0.15, -0.1) is 11.3 Å². The maximum atomic E-state index is 14.3. The van der Waals surface area contributed by atoms with Crippen molar-refractivity contribution >= 4 is 45.7 Å². The number of thiazole rings is 1. The molecule has 8 nitrogen and oxygen atoms in total. The lowest BCUT2D eigenvalue weighted by molar-refractivity contribution is -0.116. The number of rotatable bonds is 7. The Morgan fingerprint density at radius 1 is 1.11 bits per heavy atom. The van der Waals surface area contributed by atoms with E-state index in [1.165, 1.54) is 47.4 Å². The molecule has 0 aliphatic carbocycles. The van der Waals surface area contributed by atoms with E-state index in [1.54, 1.807) is 23.6 Å². The lowest BCUT2D eigenvalue weighted by Crippen LogP contribution is -2.23. The van der Waals surface area contributed by atoms with Crippen LogP contribution in [0.2, 0.25) is 0 Å². The number of hydrogen-bond donors (Lipinski definition) is 2. The van der Waals surface area contributed by atoms with Crippen molar-refractivity contribution in [3.8, 4) is 11.4 Å². The van der Waals surface area contributed by atoms with E-state index in [4.69, 9.17) is 0 Å². The molecule has 0 aliphatic rings. The van der Waals surface area contributed by atoms with Crippen molar-refractivity contribution < 1.29 is 14.0 Å². The predicted octanol–water partition coefficient (Wildman–Crippen LogP) is 5.53. The molecular formula is C25H23FN6O2S. The van der Waals surface area contributed by atoms with E-state index in [2.05, 4.69) is 25.5 Å². The molecule has 0 fully saturated rings. The minimum atomic E-state index is -0.528. The Balaban J connectivity index is 1.50. The third-order valence-electron chi connectivity index (χ3n) is 4.99. The summed E-state index contributed by atoms with van der Waals surface area (Å²) in [5.74, 6) is 0.179. The molecule has 0 saturated heterocycles. The summed E-state index contributed by atoms with van der Waals surface area (Å²) < 4.78 is 14.3. The van der Waals surface area contributed by atoms with Crippen LogP contribution in [0.15, 0.2) is 60.0 Å². The topological polar surface area (TPSA) is 104 Å². The molecular weight excluding hydrogens is 467 g/mol. The van der Waals surface area contributed by atoms with E-state index < -0.39 is 5.82 Å². The maximum absolute atomic E-state index is 14.3. The Morgan fingerprint density at radius 2 is 1.86 bits per heavy atom. The zero-order valence-corrected chi connectivity index (χ0v) is 20.1. The Hall–Kier alpha value is -4.18. The molecule has 0 bridgehead atoms. The van der Waals surface area contributed by atoms with Crippen molar-refractivity contribution in [3.05, 3.63) is 77.3 Å². The van der Waals surface area contributed by atoms with Crippen LogP contribution in [0.25, 0.3) is 17.5 Å². The van der Waals surface area contributed by atoms with Crippen molar-refractivity contribution in [2.45, 2.75) is 26.7 Å². The van der Waals surface area contributed by atoms with Crippen LogP contribution in [-0.2, 0) is 9.59 Å². The molecule has 10 heteroatoms. The van der Waals surface area contributed by atoms with Crippen LogP contribution in [0, 0.1) is 5.82 Å². The monoisotopic (exact) mass is 490 g/mol. The lowest BCUT2D eigenvalue weighted by Gasteiger charge is -2.18. The van der Waals surface area contributed by atoms with Crippen LogP contribution >= 0.6 is 11.3 Å². The third kappa shape index (κ3) is 5.49. The predicted molar refractivity (Wildman–Crippen MR) is 135 cm³/mol. The average molecular weight is 491 g/mol. The van der Waals surface area contributed by atoms with Crippen molar-refractivity contribution in [2.75, 3.05) is 10.2 Å². The number of nitrogens with one attached hydrogen (secondary N) is 2. The molecule has 2 aromatic heterocycles. The van der Waals surface area contributed by atoms with Gasteiger partial charge in [0, 0.05) is 29.9 Å². The lowest BCUT2D eigenvalue weighted by atomic mass is 10.1. The van der Waals surface area contributed by atoms with E-state index in [0.29, 0.717) is 27.9 Å². The second-order valence-corrected chi connectivity index (χ2v) is 8.76. The van der Waals surface area contributed by atoms with Gasteiger partial charge in [0.2, 0.25) is 11.8 Å². The summed E-state index contributed by atoms with van der Waals surface area (Å²) in [5, 5.41) is 12.0. The minimum Gasteiger partial charge on any atom is -0.322 e. The summed E-state index contributed by atoms with van der Waals surface area (Å²) in [6.45, 7) is 5.36. The fraction of sp³-hybridized carbons (Fsp3) is 0.160. The molecule has 0 unspecified atom stereocenters. The SMILES string of the molecule is CC(=O)N(c1nc(/C=C/C(=O)Nc2ccccc2-c2n[nH]c(C(C)C)n2)cs1)c1ccccc1F. The number of carbonyl (C=O) groups is 2. The fourth-order valence-electron chi connectivity index (χ4n) is 3.27. The molecule has 2 amide bonds. The molecule has 35 heavy (non-hydrogen) atoms. The van der Waals surface area contributed by atoms with Crippen LogP contribution in [0.3, 0.4) is 0 Å². The normalized spacial score (nSPS) is 11.2. The van der Waals surface area contributed by atoms with Gasteiger partial charge in [-0.05, 0) is 30.3 Å². The molecule has 0 aliphatic heterocycles. The van der Waals surface area contributed by atoms with Crippen LogP contribution in [-0.4, -0.2) is 32.0 Å². The first-order chi connectivity index (χ1) is 16.8. The third-order valence-corrected chi connectivity index (χ3v) is 5.83. The number of anilines is 3. The molecule has 2 heterocycles. The van der Waals surface area contributed by atoms with Crippen LogP contribution < -0.4 is 10.2 Å². The number of carbonyl (C=O) groups excluding carboxylic acids is 2. The molecule has 0 saturated carbocycles. The van der Waals surface area contributed by atoms with Gasteiger partial charge in [0.05, 0.1) is 17.1 Å². The molecule has 0 radical (unpaired) electrons. The molecule has 178 valence electrons. The Labute approximate surface area is 205 Å². The van der Waals surface area contributed by atoms with Gasteiger partial charge in [-0.2, -0.15) is 5.10 Å². The number of benzene rings is 2. The summed E-state index contributed by atoms with van der Waals surface area (Å²) in [4.78, 5) is 34.9. The van der Waals surface area contributed by atoms with Gasteiger partial charge < -0.3 is 5.32 Å². The van der Waals surface area contributed by atoms with Crippen LogP contribution in [0.4, 0.5) is 20.9 Å². The van der Waals surface area contributed by atoms with E-state index >= 15 is 0 Å². The van der Waals surface area contributed by atoms with Gasteiger partial charge >= 0.3 is 0 Å². The Kier molecular flexibility index (Phi) is 7.11. The first-order valence-corrected chi connectivity index (χ1v) is 11.7. The quantitative estimate of drug-likeness (QED) is 0.332. The molecule has 4 aromatic rings. The van der Waals surface area contributed by atoms with Crippen molar-refractivity contribution in [1.29, 1.82) is 0 Å². The van der Waals surface area contributed by atoms with Gasteiger partial charge in [-0.25, -0.2) is 14.4 Å². The average Bonchev–Trinajstić information content (AvgIpc) is 3.50. The van der Waals surface area contributed by atoms with Gasteiger partial charge in [0.15, 0.2) is 11.0 Å². The summed E-state index contributed by atoms with van der Waals surface area (Å²) >= 11 is 1.17. The second kappa shape index (κ2) is 10.4. The number of aromatic nitrogens is 4. The highest BCUT2D eigenvalue weighted by atomic mass is 32.1. The zero-order chi connectivity index (χ0) is 24.9. The number of halogens is 1. The highest BCUT2D eigenvalue weighted by Crippen LogP contribution is 2.31. The number of nitrogens with zero attached hydrogens (tertiary/aromatic N) is 4. The van der Waals surface area contributed by atoms with Crippen LogP contribution in [0.5, 0.6) is 0 Å². The second-order valence-electron chi connectivity index (χ2n) is 7.93. The minimum absolute atomic E-state index is 0.117. The number of amides is 2. The number of hydrogen-bond acceptors (Lipinski definition) is 6. The molecule has 4 rings (SSSR count). The standard InChI is InChI=1S/C25H23FN6O2S/c1-15(2)23-29-24(31-30-23)18-8-4-6-10-20(18)28-22(34)13-12-17-14-35-25(27-17)32(16(3)33)21-11-7-5-9-19(21)26/h4-15H,1-3H3,(H,28,34)(H,29,30,31)/b13-12+. The largest absolute Gasteiger partial charge is 0.322 e. The molecule has 2 aromatic carbocycles. The van der Waals surface area contributed by atoms with E-state index in [-0.39, 0.29) is 23.4 Å². The van der Waals surface area contributed by atoms with Gasteiger partial charge in [0.1, 0.15) is 11.6 Å². The maximum Gasteiger partial charge on any atom is 0.248 e. The highest BCUT2D eigenvalue weighted by molar-refractivity contribution is 7.14. The van der Waals surface area contributed by atoms with Crippen molar-refractivity contribution in [3.63, 3.8) is 0 Å². The highest BCUT2D eigenvalue weighted by Gasteiger charge is 2.20. The van der Waals surface area contributed by atoms with E-state index in [0.717, 1.165) is 5.82 Å². The smallest absolute Gasteiger partial charge is 0.248 e. The summed E-state index contributed by atoms with van der Waals surface area (Å²) in [6, 6.07) is 13.2. The summed E-state index contributed by atoms with van der Waals surface area (Å²) in [7, 11) is 0. The Morgan fingerprint density at radius 3 is 2.57 bits per heavy atom. The number of para-hydroxylation sites is 2. The fourth-order valence-corrected chi connectivity index (χ4v) is 4.12. The van der Waals surface area contributed by atoms with E-state index in [9.17, 15) is 14.0 Å². The van der Waals surface area contributed by atoms with Gasteiger partial charge in [-0.1, -0.05) is 38.1 Å². The Bertz CT molecular complexity index is 1390. The first kappa shape index (κ1) is 24.0. The molecule has 0 atom stereocenters. The zero-order valence-electron chi connectivity index (χ0n) is 19.3.